The summed E-state index contributed by atoms with van der Waals surface area (Å²) in [7, 11) is 0. The number of aliphatic carboxylic acids is 1. The molecule has 0 amide bonds. The number of fused-ring (bicyclic) bond motifs is 1. The first-order valence-corrected chi connectivity index (χ1v) is 12.0. The average molecular weight is 440 g/mol. The first kappa shape index (κ1) is 21.2. The number of nitrogens with one attached hydrogen (secondary N) is 2. The van der Waals surface area contributed by atoms with Crippen molar-refractivity contribution in [3.05, 3.63) is 23.5 Å². The monoisotopic (exact) mass is 439 g/mol. The zero-order valence-corrected chi connectivity index (χ0v) is 19.0. The molecule has 2 aromatic rings. The fourth-order valence-corrected chi connectivity index (χ4v) is 5.59. The van der Waals surface area contributed by atoms with Crippen LogP contribution < -0.4 is 10.8 Å². The zero-order chi connectivity index (χ0) is 22.3. The number of rotatable bonds is 5. The summed E-state index contributed by atoms with van der Waals surface area (Å²) < 4.78 is 1.94. The number of hydrogen-bond donors (Lipinski definition) is 3. The van der Waals surface area contributed by atoms with Gasteiger partial charge in [-0.1, -0.05) is 19.3 Å². The molecule has 0 unspecified atom stereocenters. The Balaban J connectivity index is 1.52. The lowest BCUT2D eigenvalue weighted by Crippen LogP contribution is -2.32. The molecule has 5 rings (SSSR count). The summed E-state index contributed by atoms with van der Waals surface area (Å²) in [5.74, 6) is -0.904. The van der Waals surface area contributed by atoms with E-state index in [1.54, 1.807) is 0 Å². The number of anilines is 1. The first-order valence-electron chi connectivity index (χ1n) is 12.0. The van der Waals surface area contributed by atoms with Gasteiger partial charge in [-0.25, -0.2) is 9.67 Å². The summed E-state index contributed by atoms with van der Waals surface area (Å²) >= 11 is 0. The third-order valence-corrected chi connectivity index (χ3v) is 7.42. The number of carboxylic acid groups (broad SMARTS) is 1. The number of aryl methyl sites for hydroxylation is 2. The number of pyridine rings is 1. The molecule has 8 heteroatoms. The van der Waals surface area contributed by atoms with Crippen LogP contribution in [0.25, 0.3) is 16.7 Å². The van der Waals surface area contributed by atoms with E-state index in [4.69, 9.17) is 14.9 Å². The molecule has 32 heavy (non-hydrogen) atoms. The summed E-state index contributed by atoms with van der Waals surface area (Å²) in [6.45, 7) is 4.86. The van der Waals surface area contributed by atoms with E-state index < -0.39 is 5.97 Å². The average Bonchev–Trinajstić information content (AvgIpc) is 3.35. The summed E-state index contributed by atoms with van der Waals surface area (Å²) in [5, 5.41) is 18.9. The second-order valence-corrected chi connectivity index (χ2v) is 9.57. The molecule has 3 aliphatic rings. The van der Waals surface area contributed by atoms with Gasteiger partial charge in [0, 0.05) is 24.3 Å². The van der Waals surface area contributed by atoms with Crippen LogP contribution in [-0.4, -0.2) is 37.5 Å². The Morgan fingerprint density at radius 1 is 1.28 bits per heavy atom. The van der Waals surface area contributed by atoms with Crippen molar-refractivity contribution in [1.29, 1.82) is 0 Å². The number of hydroxylamine groups is 1. The van der Waals surface area contributed by atoms with Crippen molar-refractivity contribution in [2.24, 2.45) is 5.92 Å². The van der Waals surface area contributed by atoms with E-state index in [2.05, 4.69) is 23.8 Å². The molecular weight excluding hydrogens is 406 g/mol. The van der Waals surface area contributed by atoms with Gasteiger partial charge >= 0.3 is 5.97 Å². The highest BCUT2D eigenvalue weighted by Crippen LogP contribution is 2.41. The van der Waals surface area contributed by atoms with E-state index >= 15 is 0 Å². The normalized spacial score (nSPS) is 25.0. The van der Waals surface area contributed by atoms with E-state index in [0.717, 1.165) is 65.9 Å². The molecule has 3 N–H and O–H groups in total. The first-order chi connectivity index (χ1) is 15.5. The fourth-order valence-electron chi connectivity index (χ4n) is 5.59. The Labute approximate surface area is 188 Å². The molecule has 8 nitrogen and oxygen atoms in total. The lowest BCUT2D eigenvalue weighted by Gasteiger charge is -2.29. The molecule has 172 valence electrons. The van der Waals surface area contributed by atoms with Crippen molar-refractivity contribution >= 4 is 28.4 Å². The minimum absolute atomic E-state index is 0.220. The van der Waals surface area contributed by atoms with Crippen molar-refractivity contribution in [3.63, 3.8) is 0 Å². The maximum absolute atomic E-state index is 11.4. The van der Waals surface area contributed by atoms with E-state index in [9.17, 15) is 9.90 Å². The molecule has 2 saturated carbocycles. The minimum Gasteiger partial charge on any atom is -0.481 e. The lowest BCUT2D eigenvalue weighted by atomic mass is 9.84. The number of carboxylic acids is 1. The highest BCUT2D eigenvalue weighted by atomic mass is 16.7. The topological polar surface area (TPSA) is 101 Å². The van der Waals surface area contributed by atoms with Crippen LogP contribution in [-0.2, 0) is 16.2 Å². The molecule has 0 atom stereocenters. The third-order valence-electron chi connectivity index (χ3n) is 7.42. The summed E-state index contributed by atoms with van der Waals surface area (Å²) in [6.07, 6.45) is 13.0. The van der Waals surface area contributed by atoms with Crippen molar-refractivity contribution in [1.82, 2.24) is 20.2 Å². The van der Waals surface area contributed by atoms with Crippen molar-refractivity contribution in [2.75, 3.05) is 5.32 Å². The minimum atomic E-state index is -0.675. The molecule has 0 aromatic carbocycles. The number of carbonyl (C=O) groups is 1. The van der Waals surface area contributed by atoms with Gasteiger partial charge in [0.05, 0.1) is 28.4 Å². The maximum atomic E-state index is 11.4. The van der Waals surface area contributed by atoms with Crippen LogP contribution in [0.1, 0.15) is 76.0 Å². The van der Waals surface area contributed by atoms with Gasteiger partial charge in [-0.3, -0.25) is 15.1 Å². The number of hydrogen-bond acceptors (Lipinski definition) is 6. The molecular formula is C24H33N5O3. The van der Waals surface area contributed by atoms with Crippen LogP contribution in [0.2, 0.25) is 0 Å². The second-order valence-electron chi connectivity index (χ2n) is 9.57. The Hall–Kier alpha value is -2.61. The van der Waals surface area contributed by atoms with Gasteiger partial charge in [0.15, 0.2) is 5.65 Å². The van der Waals surface area contributed by atoms with Crippen molar-refractivity contribution < 1.29 is 14.7 Å². The molecule has 2 aromatic heterocycles. The molecule has 3 heterocycles. The van der Waals surface area contributed by atoms with Gasteiger partial charge in [-0.2, -0.15) is 5.10 Å². The molecule has 1 aliphatic heterocycles. The molecule has 0 saturated heterocycles. The maximum Gasteiger partial charge on any atom is 0.306 e. The van der Waals surface area contributed by atoms with Crippen LogP contribution in [0.5, 0.6) is 0 Å². The Bertz CT molecular complexity index is 1050. The standard InChI is InChI=1S/C24H33N5O3/c1-3-29-22-20(15(2)27-29)21(26-17-9-7-16(8-10-17)23(30)31)18(14-25-22)19-13-24(32-28-19)11-5-4-6-12-24/h13-14,16-17,28H,3-12H2,1-2H3,(H,25,26)(H,30,31). The predicted octanol–water partition coefficient (Wildman–Crippen LogP) is 4.39. The van der Waals surface area contributed by atoms with Crippen LogP contribution in [0, 0.1) is 12.8 Å². The van der Waals surface area contributed by atoms with Crippen LogP contribution in [0.3, 0.4) is 0 Å². The Morgan fingerprint density at radius 2 is 2.03 bits per heavy atom. The largest absolute Gasteiger partial charge is 0.481 e. The fraction of sp³-hybridized carbons (Fsp3) is 0.625. The van der Waals surface area contributed by atoms with Gasteiger partial charge < -0.3 is 10.4 Å². The van der Waals surface area contributed by atoms with Crippen LogP contribution in [0.15, 0.2) is 12.3 Å². The van der Waals surface area contributed by atoms with Crippen molar-refractivity contribution in [3.8, 4) is 0 Å². The Kier molecular flexibility index (Phi) is 5.57. The number of nitrogens with zero attached hydrogens (tertiary/aromatic N) is 3. The summed E-state index contributed by atoms with van der Waals surface area (Å²) in [6, 6.07) is 0.228. The number of aromatic nitrogens is 3. The highest BCUT2D eigenvalue weighted by Gasteiger charge is 2.37. The van der Waals surface area contributed by atoms with Gasteiger partial charge in [-0.15, -0.1) is 0 Å². The second kappa shape index (κ2) is 8.39. The van der Waals surface area contributed by atoms with Gasteiger partial charge in [0.25, 0.3) is 0 Å². The summed E-state index contributed by atoms with van der Waals surface area (Å²) in [5.41, 5.74) is 7.81. The Morgan fingerprint density at radius 3 is 2.72 bits per heavy atom. The SMILES string of the molecule is CCn1nc(C)c2c(NC3CCC(C(=O)O)CC3)c(C3=CC4(CCCCC4)ON3)cnc21. The molecule has 0 bridgehead atoms. The molecule has 2 fully saturated rings. The smallest absolute Gasteiger partial charge is 0.306 e. The molecule has 0 radical (unpaired) electrons. The molecule has 1 spiro atoms. The summed E-state index contributed by atoms with van der Waals surface area (Å²) in [4.78, 5) is 22.3. The van der Waals surface area contributed by atoms with E-state index in [1.165, 1.54) is 19.3 Å². The lowest BCUT2D eigenvalue weighted by molar-refractivity contribution is -0.142. The predicted molar refractivity (Wildman–Crippen MR) is 123 cm³/mol. The van der Waals surface area contributed by atoms with Crippen molar-refractivity contribution in [2.45, 2.75) is 89.8 Å². The van der Waals surface area contributed by atoms with Gasteiger partial charge in [0.1, 0.15) is 5.60 Å². The van der Waals surface area contributed by atoms with E-state index in [0.29, 0.717) is 12.8 Å². The zero-order valence-electron chi connectivity index (χ0n) is 19.0. The van der Waals surface area contributed by atoms with E-state index in [-0.39, 0.29) is 17.6 Å². The van der Waals surface area contributed by atoms with Crippen LogP contribution in [0.4, 0.5) is 5.69 Å². The van der Waals surface area contributed by atoms with Gasteiger partial charge in [-0.05, 0) is 58.4 Å². The van der Waals surface area contributed by atoms with Gasteiger partial charge in [0.2, 0.25) is 0 Å². The third kappa shape index (κ3) is 3.74. The van der Waals surface area contributed by atoms with Crippen LogP contribution >= 0.6 is 0 Å². The highest BCUT2D eigenvalue weighted by molar-refractivity contribution is 5.97. The van der Waals surface area contributed by atoms with E-state index in [1.807, 2.05) is 17.8 Å². The molecule has 2 aliphatic carbocycles. The quantitative estimate of drug-likeness (QED) is 0.635.